The van der Waals surface area contributed by atoms with Crippen molar-refractivity contribution in [2.45, 2.75) is 12.6 Å². The number of nitrogens with one attached hydrogen (secondary N) is 1. The average Bonchev–Trinajstić information content (AvgIpc) is 2.38. The molecule has 0 aliphatic heterocycles. The van der Waals surface area contributed by atoms with Gasteiger partial charge in [0.2, 0.25) is 0 Å². The van der Waals surface area contributed by atoms with Crippen molar-refractivity contribution in [1.29, 1.82) is 0 Å². The Kier molecular flexibility index (Phi) is 5.92. The number of carbonyl (C=O) groups is 2. The van der Waals surface area contributed by atoms with Gasteiger partial charge < -0.3 is 20.1 Å². The van der Waals surface area contributed by atoms with Gasteiger partial charge in [0.15, 0.2) is 6.10 Å². The number of ether oxygens (including phenoxy) is 1. The number of hydrogen-bond donors (Lipinski definition) is 2. The molecule has 0 aromatic heterocycles. The van der Waals surface area contributed by atoms with Crippen LogP contribution in [0, 0.1) is 5.82 Å². The van der Waals surface area contributed by atoms with E-state index in [1.54, 1.807) is 12.1 Å². The number of halogens is 1. The molecule has 0 spiro atoms. The van der Waals surface area contributed by atoms with Gasteiger partial charge in [0.25, 0.3) is 0 Å². The van der Waals surface area contributed by atoms with Crippen molar-refractivity contribution >= 4 is 12.0 Å². The largest absolute Gasteiger partial charge is 0.479 e. The Balaban J connectivity index is 2.49. The fraction of sp³-hybridized carbons (Fsp3) is 0.385. The van der Waals surface area contributed by atoms with Crippen molar-refractivity contribution in [3.05, 3.63) is 35.6 Å². The highest BCUT2D eigenvalue weighted by Gasteiger charge is 2.18. The van der Waals surface area contributed by atoms with Crippen LogP contribution in [0.3, 0.4) is 0 Å². The van der Waals surface area contributed by atoms with Crippen LogP contribution in [0.4, 0.5) is 9.18 Å². The molecule has 0 saturated heterocycles. The number of aliphatic carboxylic acids is 1. The summed E-state index contributed by atoms with van der Waals surface area (Å²) in [6.45, 7) is 0.0759. The number of benzene rings is 1. The summed E-state index contributed by atoms with van der Waals surface area (Å²) in [6, 6.07) is 5.44. The van der Waals surface area contributed by atoms with E-state index in [1.165, 1.54) is 31.2 Å². The third-order valence-corrected chi connectivity index (χ3v) is 2.65. The van der Waals surface area contributed by atoms with Crippen molar-refractivity contribution in [3.63, 3.8) is 0 Å². The second-order valence-electron chi connectivity index (χ2n) is 4.23. The van der Waals surface area contributed by atoms with Crippen molar-refractivity contribution in [2.75, 3.05) is 20.7 Å². The van der Waals surface area contributed by atoms with E-state index < -0.39 is 18.1 Å². The van der Waals surface area contributed by atoms with Crippen LogP contribution in [0.1, 0.15) is 5.56 Å². The first-order chi connectivity index (χ1) is 9.43. The van der Waals surface area contributed by atoms with Crippen LogP contribution >= 0.6 is 0 Å². The second kappa shape index (κ2) is 7.44. The van der Waals surface area contributed by atoms with E-state index in [9.17, 15) is 14.0 Å². The number of carboxylic acids is 1. The maximum Gasteiger partial charge on any atom is 0.334 e. The highest BCUT2D eigenvalue weighted by Crippen LogP contribution is 2.06. The zero-order valence-corrected chi connectivity index (χ0v) is 11.3. The monoisotopic (exact) mass is 284 g/mol. The van der Waals surface area contributed by atoms with E-state index in [0.717, 1.165) is 0 Å². The third-order valence-electron chi connectivity index (χ3n) is 2.65. The molecule has 0 bridgehead atoms. The first-order valence-corrected chi connectivity index (χ1v) is 5.93. The van der Waals surface area contributed by atoms with E-state index in [1.807, 2.05) is 0 Å². The molecule has 1 aromatic rings. The Labute approximate surface area is 116 Å². The minimum Gasteiger partial charge on any atom is -0.479 e. The summed E-state index contributed by atoms with van der Waals surface area (Å²) in [7, 11) is 2.78. The zero-order chi connectivity index (χ0) is 15.1. The number of rotatable bonds is 6. The maximum absolute atomic E-state index is 13.0. The Bertz CT molecular complexity index is 481. The zero-order valence-electron chi connectivity index (χ0n) is 11.3. The number of amides is 2. The van der Waals surface area contributed by atoms with Crippen LogP contribution in [0.25, 0.3) is 0 Å². The summed E-state index contributed by atoms with van der Waals surface area (Å²) in [4.78, 5) is 23.8. The Morgan fingerprint density at radius 2 is 2.20 bits per heavy atom. The molecular weight excluding hydrogens is 267 g/mol. The number of carboxylic acid groups (broad SMARTS) is 1. The number of urea groups is 1. The quantitative estimate of drug-likeness (QED) is 0.819. The SMILES string of the molecule is COC(CNC(=O)N(C)Cc1cccc(F)c1)C(=O)O. The summed E-state index contributed by atoms with van der Waals surface area (Å²) in [5, 5.41) is 11.2. The topological polar surface area (TPSA) is 78.9 Å². The maximum atomic E-state index is 13.0. The summed E-state index contributed by atoms with van der Waals surface area (Å²) in [5.41, 5.74) is 0.643. The van der Waals surface area contributed by atoms with Gasteiger partial charge in [-0.1, -0.05) is 12.1 Å². The van der Waals surface area contributed by atoms with Crippen LogP contribution in [0.2, 0.25) is 0 Å². The second-order valence-corrected chi connectivity index (χ2v) is 4.23. The summed E-state index contributed by atoms with van der Waals surface area (Å²) >= 11 is 0. The van der Waals surface area contributed by atoms with Gasteiger partial charge in [-0.3, -0.25) is 0 Å². The fourth-order valence-corrected chi connectivity index (χ4v) is 1.57. The van der Waals surface area contributed by atoms with Crippen molar-refractivity contribution in [3.8, 4) is 0 Å². The van der Waals surface area contributed by atoms with Gasteiger partial charge in [0.1, 0.15) is 5.82 Å². The molecule has 0 heterocycles. The molecule has 2 amide bonds. The molecular formula is C13H17FN2O4. The molecule has 110 valence electrons. The van der Waals surface area contributed by atoms with E-state index in [4.69, 9.17) is 9.84 Å². The van der Waals surface area contributed by atoms with Gasteiger partial charge in [-0.2, -0.15) is 0 Å². The van der Waals surface area contributed by atoms with E-state index >= 15 is 0 Å². The van der Waals surface area contributed by atoms with Crippen molar-refractivity contribution in [1.82, 2.24) is 10.2 Å². The standard InChI is InChI=1S/C13H17FN2O4/c1-16(8-9-4-3-5-10(14)6-9)13(19)15-7-11(20-2)12(17)18/h3-6,11H,7-8H2,1-2H3,(H,15,19)(H,17,18). The Morgan fingerprint density at radius 3 is 2.75 bits per heavy atom. The lowest BCUT2D eigenvalue weighted by atomic mass is 10.2. The molecule has 0 saturated carbocycles. The normalized spacial score (nSPS) is 11.8. The molecule has 0 radical (unpaired) electrons. The molecule has 6 nitrogen and oxygen atoms in total. The van der Waals surface area contributed by atoms with Crippen molar-refractivity contribution < 1.29 is 23.8 Å². The fourth-order valence-electron chi connectivity index (χ4n) is 1.57. The van der Waals surface area contributed by atoms with Crippen molar-refractivity contribution in [2.24, 2.45) is 0 Å². The smallest absolute Gasteiger partial charge is 0.334 e. The van der Waals surface area contributed by atoms with Crippen LogP contribution < -0.4 is 5.32 Å². The third kappa shape index (κ3) is 4.85. The predicted molar refractivity (Wildman–Crippen MR) is 69.7 cm³/mol. The lowest BCUT2D eigenvalue weighted by molar-refractivity contribution is -0.148. The Hall–Kier alpha value is -2.15. The van der Waals surface area contributed by atoms with Crippen LogP contribution in [-0.4, -0.2) is 48.8 Å². The predicted octanol–water partition coefficient (Wildman–Crippen LogP) is 1.07. The molecule has 1 unspecified atom stereocenters. The number of hydrogen-bond acceptors (Lipinski definition) is 3. The minimum atomic E-state index is -1.15. The molecule has 0 aliphatic rings. The van der Waals surface area contributed by atoms with Crippen LogP contribution in [-0.2, 0) is 16.1 Å². The molecule has 1 aromatic carbocycles. The molecule has 7 heteroatoms. The molecule has 0 fully saturated rings. The van der Waals surface area contributed by atoms with Gasteiger partial charge in [0, 0.05) is 20.7 Å². The van der Waals surface area contributed by atoms with E-state index in [2.05, 4.69) is 5.32 Å². The molecule has 0 aliphatic carbocycles. The van der Waals surface area contributed by atoms with Crippen LogP contribution in [0.5, 0.6) is 0 Å². The number of carbonyl (C=O) groups excluding carboxylic acids is 1. The van der Waals surface area contributed by atoms with E-state index in [0.29, 0.717) is 5.56 Å². The van der Waals surface area contributed by atoms with E-state index in [-0.39, 0.29) is 18.9 Å². The molecule has 1 rings (SSSR count). The highest BCUT2D eigenvalue weighted by atomic mass is 19.1. The highest BCUT2D eigenvalue weighted by molar-refractivity contribution is 5.76. The van der Waals surface area contributed by atoms with Gasteiger partial charge >= 0.3 is 12.0 Å². The lowest BCUT2D eigenvalue weighted by Crippen LogP contribution is -2.43. The molecule has 20 heavy (non-hydrogen) atoms. The van der Waals surface area contributed by atoms with Gasteiger partial charge in [-0.15, -0.1) is 0 Å². The first kappa shape index (κ1) is 15.9. The minimum absolute atomic E-state index is 0.141. The van der Waals surface area contributed by atoms with Gasteiger partial charge in [0.05, 0.1) is 6.54 Å². The lowest BCUT2D eigenvalue weighted by Gasteiger charge is -2.19. The summed E-state index contributed by atoms with van der Waals surface area (Å²) in [6.07, 6.45) is -1.10. The molecule has 1 atom stereocenters. The average molecular weight is 284 g/mol. The number of methoxy groups -OCH3 is 1. The Morgan fingerprint density at radius 1 is 1.50 bits per heavy atom. The van der Waals surface area contributed by atoms with Crippen LogP contribution in [0.15, 0.2) is 24.3 Å². The summed E-state index contributed by atoms with van der Waals surface area (Å²) < 4.78 is 17.7. The number of nitrogens with zero attached hydrogens (tertiary/aromatic N) is 1. The molecule has 2 N–H and O–H groups in total. The van der Waals surface area contributed by atoms with Gasteiger partial charge in [-0.05, 0) is 17.7 Å². The first-order valence-electron chi connectivity index (χ1n) is 5.93. The summed E-state index contributed by atoms with van der Waals surface area (Å²) in [5.74, 6) is -1.53. The van der Waals surface area contributed by atoms with Gasteiger partial charge in [-0.25, -0.2) is 14.0 Å².